The van der Waals surface area contributed by atoms with Gasteiger partial charge in [-0.3, -0.25) is 9.78 Å². The summed E-state index contributed by atoms with van der Waals surface area (Å²) in [4.78, 5) is 18.9. The minimum atomic E-state index is -0.247. The second kappa shape index (κ2) is 10.5. The topological polar surface area (TPSA) is 62.2 Å². The van der Waals surface area contributed by atoms with Crippen LogP contribution < -0.4 is 15.5 Å². The molecule has 6 nitrogen and oxygen atoms in total. The maximum absolute atomic E-state index is 12.2. The van der Waals surface area contributed by atoms with Crippen LogP contribution in [-0.2, 0) is 4.79 Å². The lowest BCUT2D eigenvalue weighted by atomic mass is 10.0. The van der Waals surface area contributed by atoms with E-state index in [-0.39, 0.29) is 23.9 Å². The van der Waals surface area contributed by atoms with Gasteiger partial charge in [-0.25, -0.2) is 0 Å². The molecule has 0 spiro atoms. The minimum absolute atomic E-state index is 0.0968. The van der Waals surface area contributed by atoms with Crippen LogP contribution in [0.4, 0.5) is 11.4 Å². The predicted molar refractivity (Wildman–Crippen MR) is 154 cm³/mol. The van der Waals surface area contributed by atoms with Crippen molar-refractivity contribution >= 4 is 57.8 Å². The third-order valence-electron chi connectivity index (χ3n) is 6.28. The van der Waals surface area contributed by atoms with Crippen LogP contribution in [0.3, 0.4) is 0 Å². The third-order valence-corrected chi connectivity index (χ3v) is 7.14. The summed E-state index contributed by atoms with van der Waals surface area (Å²) in [6, 6.07) is 22.7. The van der Waals surface area contributed by atoms with Crippen molar-refractivity contribution < 1.29 is 4.79 Å². The molecule has 0 radical (unpaired) electrons. The summed E-state index contributed by atoms with van der Waals surface area (Å²) in [6.07, 6.45) is 3.78. The summed E-state index contributed by atoms with van der Waals surface area (Å²) >= 11 is 18.8. The fraction of sp³-hybridized carbons (Fsp3) is 0.179. The number of anilines is 2. The summed E-state index contributed by atoms with van der Waals surface area (Å²) in [5.41, 5.74) is 4.16. The highest BCUT2D eigenvalue weighted by Crippen LogP contribution is 2.43. The van der Waals surface area contributed by atoms with Gasteiger partial charge in [-0.05, 0) is 72.9 Å². The molecule has 4 aromatic rings. The highest BCUT2D eigenvalue weighted by atomic mass is 35.5. The Kier molecular flexibility index (Phi) is 7.20. The zero-order chi connectivity index (χ0) is 26.1. The number of rotatable bonds is 6. The second-order valence-electron chi connectivity index (χ2n) is 9.09. The molecule has 1 aliphatic rings. The maximum Gasteiger partial charge on any atom is 0.226 e. The SMILES string of the molecule is CC(C)C(=O)Nc1ccc(N2C(=S)NC(c3ccccn3)C2c2cccn2-c2cccc(Cl)c2)cc1Cl. The van der Waals surface area contributed by atoms with Gasteiger partial charge in [-0.2, -0.15) is 0 Å². The van der Waals surface area contributed by atoms with E-state index in [0.717, 1.165) is 22.8 Å². The van der Waals surface area contributed by atoms with Crippen LogP contribution in [0.5, 0.6) is 0 Å². The molecule has 0 bridgehead atoms. The normalized spacial score (nSPS) is 17.2. The van der Waals surface area contributed by atoms with E-state index < -0.39 is 0 Å². The van der Waals surface area contributed by atoms with Crippen LogP contribution in [0.2, 0.25) is 10.0 Å². The summed E-state index contributed by atoms with van der Waals surface area (Å²) in [5.74, 6) is -0.255. The molecule has 5 rings (SSSR count). The van der Waals surface area contributed by atoms with E-state index in [1.54, 1.807) is 6.20 Å². The Morgan fingerprint density at radius 1 is 1.03 bits per heavy atom. The first-order valence-electron chi connectivity index (χ1n) is 11.9. The molecule has 1 amide bonds. The fourth-order valence-electron chi connectivity index (χ4n) is 4.46. The van der Waals surface area contributed by atoms with Gasteiger partial charge in [-0.1, -0.05) is 49.2 Å². The molecule has 2 atom stereocenters. The molecule has 1 aliphatic heterocycles. The number of nitrogens with one attached hydrogen (secondary N) is 2. The number of carbonyl (C=O) groups excluding carboxylic acids is 1. The Morgan fingerprint density at radius 3 is 2.57 bits per heavy atom. The van der Waals surface area contributed by atoms with Crippen LogP contribution >= 0.6 is 35.4 Å². The number of pyridine rings is 1. The van der Waals surface area contributed by atoms with Crippen LogP contribution in [0.15, 0.2) is 85.2 Å². The van der Waals surface area contributed by atoms with Crippen molar-refractivity contribution in [3.05, 3.63) is 107 Å². The second-order valence-corrected chi connectivity index (χ2v) is 10.3. The summed E-state index contributed by atoms with van der Waals surface area (Å²) in [5, 5.41) is 7.99. The Bertz CT molecular complexity index is 1460. The number of thiocarbonyl (C=S) groups is 1. The van der Waals surface area contributed by atoms with Crippen LogP contribution in [0.25, 0.3) is 5.69 Å². The molecule has 3 heterocycles. The highest BCUT2D eigenvalue weighted by Gasteiger charge is 2.42. The molecule has 2 aromatic heterocycles. The number of hydrogen-bond donors (Lipinski definition) is 2. The van der Waals surface area contributed by atoms with Crippen LogP contribution in [0.1, 0.15) is 37.3 Å². The lowest BCUT2D eigenvalue weighted by molar-refractivity contribution is -0.118. The number of benzene rings is 2. The van der Waals surface area contributed by atoms with E-state index in [9.17, 15) is 4.79 Å². The van der Waals surface area contributed by atoms with Crippen LogP contribution in [0, 0.1) is 5.92 Å². The van der Waals surface area contributed by atoms with Crippen molar-refractivity contribution in [1.82, 2.24) is 14.9 Å². The van der Waals surface area contributed by atoms with Gasteiger partial charge in [0.1, 0.15) is 6.04 Å². The first-order chi connectivity index (χ1) is 17.8. The summed E-state index contributed by atoms with van der Waals surface area (Å²) in [6.45, 7) is 3.67. The average Bonchev–Trinajstić information content (AvgIpc) is 3.50. The lowest BCUT2D eigenvalue weighted by Gasteiger charge is -2.29. The Labute approximate surface area is 231 Å². The summed E-state index contributed by atoms with van der Waals surface area (Å²) in [7, 11) is 0. The number of nitrogens with zero attached hydrogens (tertiary/aromatic N) is 3. The molecule has 0 saturated carbocycles. The zero-order valence-corrected chi connectivity index (χ0v) is 22.6. The van der Waals surface area contributed by atoms with E-state index >= 15 is 0 Å². The molecular formula is C28H25Cl2N5OS. The molecule has 2 N–H and O–H groups in total. The van der Waals surface area contributed by atoms with Gasteiger partial charge < -0.3 is 20.1 Å². The van der Waals surface area contributed by atoms with Gasteiger partial charge in [0, 0.05) is 40.4 Å². The molecule has 1 fully saturated rings. The van der Waals surface area contributed by atoms with E-state index in [1.165, 1.54) is 0 Å². The van der Waals surface area contributed by atoms with Crippen molar-refractivity contribution in [2.75, 3.05) is 10.2 Å². The number of hydrogen-bond acceptors (Lipinski definition) is 3. The Morgan fingerprint density at radius 2 is 1.86 bits per heavy atom. The molecule has 2 aromatic carbocycles. The molecule has 37 heavy (non-hydrogen) atoms. The molecule has 9 heteroatoms. The number of halogens is 2. The summed E-state index contributed by atoms with van der Waals surface area (Å²) < 4.78 is 2.11. The molecular weight excluding hydrogens is 525 g/mol. The number of aromatic nitrogens is 2. The lowest BCUT2D eigenvalue weighted by Crippen LogP contribution is -2.30. The van der Waals surface area contributed by atoms with Crippen molar-refractivity contribution in [3.63, 3.8) is 0 Å². The van der Waals surface area contributed by atoms with Crippen LogP contribution in [-0.4, -0.2) is 20.6 Å². The first kappa shape index (κ1) is 25.3. The number of amides is 1. The molecule has 1 saturated heterocycles. The van der Waals surface area contributed by atoms with Gasteiger partial charge in [-0.15, -0.1) is 0 Å². The predicted octanol–water partition coefficient (Wildman–Crippen LogP) is 6.95. The maximum atomic E-state index is 12.2. The molecule has 188 valence electrons. The van der Waals surface area contributed by atoms with Gasteiger partial charge >= 0.3 is 0 Å². The molecule has 0 aliphatic carbocycles. The molecule has 2 unspecified atom stereocenters. The van der Waals surface area contributed by atoms with Crippen molar-refractivity contribution in [2.24, 2.45) is 5.92 Å². The zero-order valence-electron chi connectivity index (χ0n) is 20.2. The third kappa shape index (κ3) is 5.07. The Balaban J connectivity index is 1.60. The van der Waals surface area contributed by atoms with Gasteiger partial charge in [0.2, 0.25) is 5.91 Å². The number of carbonyl (C=O) groups is 1. The van der Waals surface area contributed by atoms with E-state index in [2.05, 4.69) is 26.3 Å². The largest absolute Gasteiger partial charge is 0.351 e. The van der Waals surface area contributed by atoms with E-state index in [1.807, 2.05) is 91.7 Å². The van der Waals surface area contributed by atoms with E-state index in [4.69, 9.17) is 35.4 Å². The van der Waals surface area contributed by atoms with Crippen molar-refractivity contribution in [1.29, 1.82) is 0 Å². The van der Waals surface area contributed by atoms with Gasteiger partial charge in [0.15, 0.2) is 5.11 Å². The fourth-order valence-corrected chi connectivity index (χ4v) is 5.21. The van der Waals surface area contributed by atoms with E-state index in [0.29, 0.717) is 20.8 Å². The monoisotopic (exact) mass is 549 g/mol. The Hall–Kier alpha value is -3.39. The smallest absolute Gasteiger partial charge is 0.226 e. The quantitative estimate of drug-likeness (QED) is 0.255. The standard InChI is InChI=1S/C28H25Cl2N5OS/c1-17(2)27(36)32-22-12-11-20(16-21(22)30)35-26(25(33-28(35)37)23-9-3-4-13-31-23)24-10-6-14-34(24)19-8-5-7-18(29)15-19/h3-17,25-26H,1-2H3,(H,32,36)(H,33,37). The van der Waals surface area contributed by atoms with Crippen molar-refractivity contribution in [3.8, 4) is 5.69 Å². The van der Waals surface area contributed by atoms with Gasteiger partial charge in [0.05, 0.1) is 22.4 Å². The highest BCUT2D eigenvalue weighted by molar-refractivity contribution is 7.80. The minimum Gasteiger partial charge on any atom is -0.351 e. The van der Waals surface area contributed by atoms with Crippen molar-refractivity contribution in [2.45, 2.75) is 25.9 Å². The average molecular weight is 551 g/mol. The van der Waals surface area contributed by atoms with Gasteiger partial charge in [0.25, 0.3) is 0 Å². The first-order valence-corrected chi connectivity index (χ1v) is 13.0.